The average Bonchev–Trinajstić information content (AvgIpc) is 2.83. The van der Waals surface area contributed by atoms with Crippen LogP contribution in [0.2, 0.25) is 0 Å². The summed E-state index contributed by atoms with van der Waals surface area (Å²) < 4.78 is 37.5. The molecule has 0 aliphatic heterocycles. The second kappa shape index (κ2) is 5.97. The Balaban J connectivity index is 2.74. The van der Waals surface area contributed by atoms with Crippen molar-refractivity contribution in [3.05, 3.63) is 17.8 Å². The zero-order chi connectivity index (χ0) is 17.4. The van der Waals surface area contributed by atoms with E-state index in [9.17, 15) is 18.3 Å². The van der Waals surface area contributed by atoms with Crippen molar-refractivity contribution < 1.29 is 27.8 Å². The van der Waals surface area contributed by atoms with Crippen LogP contribution < -0.4 is 19.3 Å². The molecule has 0 aliphatic rings. The first-order valence-corrected chi connectivity index (χ1v) is 7.84. The number of fused-ring (bicyclic) bond motifs is 1. The van der Waals surface area contributed by atoms with Crippen LogP contribution in [0.1, 0.15) is 10.5 Å². The number of ether oxygens (including phenoxy) is 2. The Bertz CT molecular complexity index is 856. The number of carbonyl (C=O) groups excluding carboxylic acids is 1. The van der Waals surface area contributed by atoms with E-state index in [1.54, 1.807) is 0 Å². The number of carbonyl (C=O) groups is 1. The molecule has 0 aliphatic carbocycles. The normalized spacial score (nSPS) is 11.7. The summed E-state index contributed by atoms with van der Waals surface area (Å²) in [5.41, 5.74) is -0.159. The minimum Gasteiger partial charge on any atom is -0.543 e. The second-order valence-corrected chi connectivity index (χ2v) is 6.69. The molecule has 0 unspecified atom stereocenters. The summed E-state index contributed by atoms with van der Waals surface area (Å²) in [6.45, 7) is 0. The molecular formula is C13H16N3O6S-. The van der Waals surface area contributed by atoms with E-state index in [0.717, 1.165) is 4.31 Å². The largest absolute Gasteiger partial charge is 0.543 e. The van der Waals surface area contributed by atoms with Gasteiger partial charge in [0.25, 0.3) is 0 Å². The van der Waals surface area contributed by atoms with Crippen LogP contribution in [0.15, 0.2) is 12.1 Å². The van der Waals surface area contributed by atoms with Crippen molar-refractivity contribution in [1.29, 1.82) is 0 Å². The van der Waals surface area contributed by atoms with E-state index < -0.39 is 16.2 Å². The summed E-state index contributed by atoms with van der Waals surface area (Å²) in [5, 5.41) is 11.6. The zero-order valence-electron chi connectivity index (χ0n) is 13.0. The molecule has 0 saturated carbocycles. The maximum absolute atomic E-state index is 12.0. The number of rotatable bonds is 6. The van der Waals surface area contributed by atoms with Gasteiger partial charge in [0, 0.05) is 25.5 Å². The number of aromatic amines is 1. The number of H-pyrrole nitrogens is 1. The molecule has 0 bridgehead atoms. The Morgan fingerprint density at radius 2 is 1.78 bits per heavy atom. The van der Waals surface area contributed by atoms with Crippen molar-refractivity contribution in [2.24, 2.45) is 0 Å². The smallest absolute Gasteiger partial charge is 0.301 e. The molecule has 9 nitrogen and oxygen atoms in total. The third-order valence-electron chi connectivity index (χ3n) is 3.22. The topological polar surface area (TPSA) is 124 Å². The molecule has 0 amide bonds. The fraction of sp³-hybridized carbons (Fsp3) is 0.308. The van der Waals surface area contributed by atoms with Crippen molar-refractivity contribution in [2.75, 3.05) is 33.0 Å². The number of hydrogen-bond donors (Lipinski definition) is 2. The monoisotopic (exact) mass is 342 g/mol. The molecule has 1 aromatic heterocycles. The summed E-state index contributed by atoms with van der Waals surface area (Å²) in [7, 11) is 1.58. The van der Waals surface area contributed by atoms with Gasteiger partial charge in [-0.3, -0.25) is 4.72 Å². The second-order valence-electron chi connectivity index (χ2n) is 4.80. The van der Waals surface area contributed by atoms with Crippen LogP contribution in [0.4, 0.5) is 5.69 Å². The molecule has 1 aromatic carbocycles. The highest BCUT2D eigenvalue weighted by molar-refractivity contribution is 7.90. The van der Waals surface area contributed by atoms with Gasteiger partial charge in [0.2, 0.25) is 0 Å². The lowest BCUT2D eigenvalue weighted by Crippen LogP contribution is -2.31. The highest BCUT2D eigenvalue weighted by atomic mass is 32.2. The molecule has 0 atom stereocenters. The highest BCUT2D eigenvalue weighted by Crippen LogP contribution is 2.37. The number of anilines is 1. The van der Waals surface area contributed by atoms with E-state index in [4.69, 9.17) is 9.47 Å². The Labute approximate surface area is 133 Å². The number of aromatic carboxylic acids is 1. The quantitative estimate of drug-likeness (QED) is 0.747. The molecule has 0 radical (unpaired) electrons. The molecular weight excluding hydrogens is 326 g/mol. The number of carboxylic acids is 1. The van der Waals surface area contributed by atoms with Gasteiger partial charge >= 0.3 is 10.2 Å². The van der Waals surface area contributed by atoms with Crippen molar-refractivity contribution in [3.63, 3.8) is 0 Å². The molecule has 10 heteroatoms. The van der Waals surface area contributed by atoms with Gasteiger partial charge in [-0.2, -0.15) is 12.7 Å². The fourth-order valence-electron chi connectivity index (χ4n) is 2.00. The lowest BCUT2D eigenvalue weighted by molar-refractivity contribution is -0.255. The van der Waals surface area contributed by atoms with Crippen LogP contribution in [0.3, 0.4) is 0 Å². The maximum Gasteiger partial charge on any atom is 0.301 e. The molecule has 1 heterocycles. The minimum atomic E-state index is -3.90. The number of nitrogens with zero attached hydrogens (tertiary/aromatic N) is 1. The molecule has 0 spiro atoms. The molecule has 2 rings (SSSR count). The maximum atomic E-state index is 12.0. The molecule has 0 fully saturated rings. The van der Waals surface area contributed by atoms with Gasteiger partial charge in [0.1, 0.15) is 0 Å². The molecule has 0 saturated heterocycles. The van der Waals surface area contributed by atoms with Crippen LogP contribution >= 0.6 is 0 Å². The Morgan fingerprint density at radius 1 is 1.22 bits per heavy atom. The first-order chi connectivity index (χ1) is 10.7. The molecule has 23 heavy (non-hydrogen) atoms. The van der Waals surface area contributed by atoms with Crippen molar-refractivity contribution in [3.8, 4) is 11.5 Å². The summed E-state index contributed by atoms with van der Waals surface area (Å²) in [5.74, 6) is -0.849. The molecule has 2 N–H and O–H groups in total. The van der Waals surface area contributed by atoms with Gasteiger partial charge in [-0.15, -0.1) is 0 Å². The zero-order valence-corrected chi connectivity index (χ0v) is 13.8. The SMILES string of the molecule is COc1cc2[nH]c(C(=O)[O-])c(NS(=O)(=O)N(C)C)c2cc1OC. The lowest BCUT2D eigenvalue weighted by Gasteiger charge is -2.15. The van der Waals surface area contributed by atoms with E-state index in [0.29, 0.717) is 22.4 Å². The number of hydrogen-bond acceptors (Lipinski definition) is 6. The number of aromatic nitrogens is 1. The lowest BCUT2D eigenvalue weighted by atomic mass is 10.2. The first kappa shape index (κ1) is 16.9. The van der Waals surface area contributed by atoms with Crippen LogP contribution in [0.25, 0.3) is 10.9 Å². The third kappa shape index (κ3) is 3.03. The molecule has 2 aromatic rings. The third-order valence-corrected chi connectivity index (χ3v) is 4.64. The van der Waals surface area contributed by atoms with E-state index in [1.165, 1.54) is 40.4 Å². The van der Waals surface area contributed by atoms with Crippen molar-refractivity contribution in [1.82, 2.24) is 9.29 Å². The fourth-order valence-corrected chi connectivity index (χ4v) is 2.65. The van der Waals surface area contributed by atoms with Crippen LogP contribution in [-0.4, -0.2) is 52.0 Å². The number of methoxy groups -OCH3 is 2. The van der Waals surface area contributed by atoms with Crippen molar-refractivity contribution >= 4 is 32.8 Å². The predicted octanol–water partition coefficient (Wildman–Crippen LogP) is -0.233. The van der Waals surface area contributed by atoms with Gasteiger partial charge in [-0.25, -0.2) is 0 Å². The van der Waals surface area contributed by atoms with Crippen LogP contribution in [-0.2, 0) is 10.2 Å². The number of nitrogens with one attached hydrogen (secondary N) is 2. The van der Waals surface area contributed by atoms with Crippen LogP contribution in [0.5, 0.6) is 11.5 Å². The van der Waals surface area contributed by atoms with E-state index in [1.807, 2.05) is 0 Å². The van der Waals surface area contributed by atoms with Gasteiger partial charge in [-0.1, -0.05) is 0 Å². The summed E-state index contributed by atoms with van der Waals surface area (Å²) in [6, 6.07) is 2.98. The highest BCUT2D eigenvalue weighted by Gasteiger charge is 2.21. The van der Waals surface area contributed by atoms with E-state index in [-0.39, 0.29) is 11.4 Å². The van der Waals surface area contributed by atoms with Gasteiger partial charge < -0.3 is 24.4 Å². The van der Waals surface area contributed by atoms with Gasteiger partial charge in [0.15, 0.2) is 11.5 Å². The summed E-state index contributed by atoms with van der Waals surface area (Å²) in [4.78, 5) is 13.9. The standard InChI is InChI=1S/C13H17N3O6S/c1-16(2)23(19,20)15-11-7-5-9(21-3)10(22-4)6-8(7)14-12(11)13(17)18/h5-6,14-15H,1-4H3,(H,17,18)/p-1. The van der Waals surface area contributed by atoms with Gasteiger partial charge in [0.05, 0.1) is 37.1 Å². The average molecular weight is 342 g/mol. The minimum absolute atomic E-state index is 0.130. The van der Waals surface area contributed by atoms with Crippen LogP contribution in [0, 0.1) is 0 Å². The van der Waals surface area contributed by atoms with E-state index in [2.05, 4.69) is 9.71 Å². The Morgan fingerprint density at radius 3 is 2.26 bits per heavy atom. The van der Waals surface area contributed by atoms with E-state index >= 15 is 0 Å². The number of benzene rings is 1. The molecule has 126 valence electrons. The predicted molar refractivity (Wildman–Crippen MR) is 82.0 cm³/mol. The summed E-state index contributed by atoms with van der Waals surface area (Å²) >= 11 is 0. The first-order valence-electron chi connectivity index (χ1n) is 6.40. The summed E-state index contributed by atoms with van der Waals surface area (Å²) in [6.07, 6.45) is 0. The van der Waals surface area contributed by atoms with Crippen molar-refractivity contribution in [2.45, 2.75) is 0 Å². The Hall–Kier alpha value is -2.46. The number of carboxylic acid groups (broad SMARTS) is 1. The Kier molecular flexibility index (Phi) is 4.39. The van der Waals surface area contributed by atoms with Gasteiger partial charge in [-0.05, 0) is 6.07 Å².